The molecule has 21 heavy (non-hydrogen) atoms. The van der Waals surface area contributed by atoms with Crippen LogP contribution in [0.4, 0.5) is 0 Å². The molecule has 0 bridgehead atoms. The van der Waals surface area contributed by atoms with Gasteiger partial charge < -0.3 is 0 Å². The maximum atomic E-state index is 10.1. The normalized spacial score (nSPS) is 13.8. The van der Waals surface area contributed by atoms with Crippen LogP contribution >= 0.6 is 0 Å². The second-order valence-corrected chi connectivity index (χ2v) is 26.2. The molecular weight excluding hydrogens is 379 g/mol. The molecule has 0 aromatic heterocycles. The Bertz CT molecular complexity index is 272. The first kappa shape index (κ1) is 21.7. The van der Waals surface area contributed by atoms with E-state index in [4.69, 9.17) is 0 Å². The first-order valence-corrected chi connectivity index (χ1v) is 20.2. The molecule has 1 nitrogen and oxygen atoms in total. The molecule has 0 rings (SSSR count). The summed E-state index contributed by atoms with van der Waals surface area (Å²) in [6, 6.07) is 0. The zero-order valence-electron chi connectivity index (χ0n) is 15.6. The van der Waals surface area contributed by atoms with E-state index in [9.17, 15) is 5.11 Å². The molecular formula is C18H40OSiSn. The molecule has 0 aromatic carbocycles. The molecule has 0 aliphatic heterocycles. The van der Waals surface area contributed by atoms with Gasteiger partial charge in [-0.25, -0.2) is 0 Å². The zero-order chi connectivity index (χ0) is 16.4. The Labute approximate surface area is 139 Å². The van der Waals surface area contributed by atoms with Gasteiger partial charge in [0.2, 0.25) is 0 Å². The molecule has 0 aliphatic rings. The van der Waals surface area contributed by atoms with Crippen LogP contribution in [-0.4, -0.2) is 38.2 Å². The van der Waals surface area contributed by atoms with E-state index in [0.717, 1.165) is 0 Å². The summed E-state index contributed by atoms with van der Waals surface area (Å²) < 4.78 is 6.01. The van der Waals surface area contributed by atoms with Gasteiger partial charge in [0.15, 0.2) is 0 Å². The molecule has 0 heterocycles. The van der Waals surface area contributed by atoms with Crippen LogP contribution in [0, 0.1) is 0 Å². The van der Waals surface area contributed by atoms with E-state index < -0.39 is 26.5 Å². The average molecular weight is 419 g/mol. The Hall–Kier alpha value is 0.716. The fraction of sp³-hybridized carbons (Fsp3) is 0.889. The maximum absolute atomic E-state index is 10.1. The minimum absolute atomic E-state index is 0.359. The van der Waals surface area contributed by atoms with Gasteiger partial charge in [0.25, 0.3) is 0 Å². The van der Waals surface area contributed by atoms with Gasteiger partial charge in [0.05, 0.1) is 0 Å². The molecule has 0 radical (unpaired) electrons. The van der Waals surface area contributed by atoms with Crippen LogP contribution in [0.15, 0.2) is 9.29 Å². The van der Waals surface area contributed by atoms with Gasteiger partial charge in [0.1, 0.15) is 0 Å². The summed E-state index contributed by atoms with van der Waals surface area (Å²) in [6.07, 6.45) is 8.07. The third-order valence-corrected chi connectivity index (χ3v) is 22.5. The van der Waals surface area contributed by atoms with Gasteiger partial charge in [-0.3, -0.25) is 0 Å². The second kappa shape index (κ2) is 11.3. The van der Waals surface area contributed by atoms with Crippen LogP contribution in [0.3, 0.4) is 0 Å². The predicted molar refractivity (Wildman–Crippen MR) is 103 cm³/mol. The Balaban J connectivity index is 5.48. The van der Waals surface area contributed by atoms with Crippen LogP contribution in [0.2, 0.25) is 33.0 Å². The van der Waals surface area contributed by atoms with Gasteiger partial charge in [-0.1, -0.05) is 0 Å². The Morgan fingerprint density at radius 3 is 1.48 bits per heavy atom. The van der Waals surface area contributed by atoms with Crippen molar-refractivity contribution in [3.05, 3.63) is 9.29 Å². The van der Waals surface area contributed by atoms with Gasteiger partial charge in [0, 0.05) is 0 Å². The van der Waals surface area contributed by atoms with Crippen molar-refractivity contribution in [2.24, 2.45) is 0 Å². The molecule has 1 N–H and O–H groups in total. The van der Waals surface area contributed by atoms with E-state index in [-0.39, 0.29) is 0 Å². The fourth-order valence-electron chi connectivity index (χ4n) is 3.29. The second-order valence-electron chi connectivity index (χ2n) is 7.78. The van der Waals surface area contributed by atoms with Gasteiger partial charge in [-0.2, -0.15) is 0 Å². The zero-order valence-corrected chi connectivity index (χ0v) is 19.4. The number of hydrogen-bond acceptors (Lipinski definition) is 1. The molecule has 126 valence electrons. The summed E-state index contributed by atoms with van der Waals surface area (Å²) in [5.41, 5.74) is 2.59. The Morgan fingerprint density at radius 1 is 0.857 bits per heavy atom. The first-order valence-electron chi connectivity index (χ1n) is 9.18. The molecule has 0 saturated heterocycles. The standard InChI is InChI=1S/C6H13OSi.3C4H9.Sn/c1-8(2,3)6-4-5-7;3*1-3-4-2;/h6-7H,5H2,1-3H3;3*1,3-4H2,2H3;. The SMILES string of the molecule is CCC[CH2][Sn]([CH2]CCC)([CH2]CCC)/[C](=C/[Si](C)(C)C)CO. The van der Waals surface area contributed by atoms with Crippen molar-refractivity contribution in [1.82, 2.24) is 0 Å². The van der Waals surface area contributed by atoms with Crippen molar-refractivity contribution >= 4 is 26.5 Å². The van der Waals surface area contributed by atoms with Crippen LogP contribution in [0.25, 0.3) is 0 Å². The molecule has 0 fully saturated rings. The average Bonchev–Trinajstić information content (AvgIpc) is 2.43. The molecule has 0 unspecified atom stereocenters. The van der Waals surface area contributed by atoms with E-state index in [1.54, 1.807) is 3.59 Å². The Morgan fingerprint density at radius 2 is 1.24 bits per heavy atom. The molecule has 0 aromatic rings. The van der Waals surface area contributed by atoms with Crippen LogP contribution < -0.4 is 0 Å². The van der Waals surface area contributed by atoms with Gasteiger partial charge in [-0.15, -0.1) is 0 Å². The van der Waals surface area contributed by atoms with Crippen molar-refractivity contribution in [2.45, 2.75) is 92.2 Å². The topological polar surface area (TPSA) is 20.2 Å². The molecule has 3 heteroatoms. The van der Waals surface area contributed by atoms with Crippen molar-refractivity contribution in [2.75, 3.05) is 6.61 Å². The van der Waals surface area contributed by atoms with Crippen molar-refractivity contribution in [3.63, 3.8) is 0 Å². The van der Waals surface area contributed by atoms with Crippen LogP contribution in [0.5, 0.6) is 0 Å². The molecule has 0 aliphatic carbocycles. The number of aliphatic hydroxyl groups is 1. The number of unbranched alkanes of at least 4 members (excludes halogenated alkanes) is 3. The molecule has 0 atom stereocenters. The monoisotopic (exact) mass is 420 g/mol. The minimum atomic E-state index is -2.34. The summed E-state index contributed by atoms with van der Waals surface area (Å²) in [5.74, 6) is 0. The van der Waals surface area contributed by atoms with Crippen LogP contribution in [-0.2, 0) is 0 Å². The number of aliphatic hydroxyl groups excluding tert-OH is 1. The van der Waals surface area contributed by atoms with Crippen molar-refractivity contribution in [1.29, 1.82) is 0 Å². The summed E-state index contributed by atoms with van der Waals surface area (Å²) in [5, 5.41) is 10.1. The van der Waals surface area contributed by atoms with Crippen molar-refractivity contribution < 1.29 is 5.11 Å². The van der Waals surface area contributed by atoms with E-state index in [1.807, 2.05) is 0 Å². The van der Waals surface area contributed by atoms with E-state index in [2.05, 4.69) is 46.1 Å². The van der Waals surface area contributed by atoms with Gasteiger partial charge in [-0.05, 0) is 0 Å². The summed E-state index contributed by atoms with van der Waals surface area (Å²) in [6.45, 7) is 14.6. The quantitative estimate of drug-likeness (QED) is 0.375. The summed E-state index contributed by atoms with van der Waals surface area (Å²) in [4.78, 5) is 0. The third-order valence-electron chi connectivity index (χ3n) is 4.49. The Kier molecular flexibility index (Phi) is 11.7. The molecule has 0 saturated carbocycles. The van der Waals surface area contributed by atoms with Gasteiger partial charge >= 0.3 is 140 Å². The fourth-order valence-corrected chi connectivity index (χ4v) is 25.7. The van der Waals surface area contributed by atoms with Crippen LogP contribution in [0.1, 0.15) is 59.3 Å². The summed E-state index contributed by atoms with van der Waals surface area (Å²) in [7, 11) is -1.24. The van der Waals surface area contributed by atoms with E-state index in [1.165, 1.54) is 51.8 Å². The predicted octanol–water partition coefficient (Wildman–Crippen LogP) is 6.17. The number of hydrogen-bond donors (Lipinski definition) is 1. The first-order chi connectivity index (χ1) is 9.85. The molecule has 0 spiro atoms. The van der Waals surface area contributed by atoms with Crippen molar-refractivity contribution in [3.8, 4) is 0 Å². The van der Waals surface area contributed by atoms with E-state index in [0.29, 0.717) is 6.61 Å². The molecule has 0 amide bonds. The number of rotatable bonds is 12. The summed E-state index contributed by atoms with van der Waals surface area (Å²) >= 11 is -2.34. The van der Waals surface area contributed by atoms with E-state index >= 15 is 0 Å². The third kappa shape index (κ3) is 8.80.